The van der Waals surface area contributed by atoms with Crippen LogP contribution in [0.2, 0.25) is 0 Å². The zero-order valence-corrected chi connectivity index (χ0v) is 12.8. The normalized spacial score (nSPS) is 10.5. The van der Waals surface area contributed by atoms with Gasteiger partial charge < -0.3 is 15.2 Å². The standard InChI is InChI=1S/C15H16FNO3S/c1-4-9-12(17)14(15(18)20-3)21-13(9)8-5-6-11(19-2)10(16)7-8/h5-7H,4,17H2,1-3H3. The minimum Gasteiger partial charge on any atom is -0.494 e. The fourth-order valence-corrected chi connectivity index (χ4v) is 3.34. The summed E-state index contributed by atoms with van der Waals surface area (Å²) in [6, 6.07) is 4.68. The molecular weight excluding hydrogens is 293 g/mol. The molecule has 0 bridgehead atoms. The summed E-state index contributed by atoms with van der Waals surface area (Å²) >= 11 is 1.21. The van der Waals surface area contributed by atoms with Gasteiger partial charge in [-0.05, 0) is 35.7 Å². The van der Waals surface area contributed by atoms with E-state index in [4.69, 9.17) is 15.2 Å². The Morgan fingerprint density at radius 3 is 2.62 bits per heavy atom. The predicted molar refractivity (Wildman–Crippen MR) is 81.4 cm³/mol. The number of hydrogen-bond acceptors (Lipinski definition) is 5. The third kappa shape index (κ3) is 2.71. The molecular formula is C15H16FNO3S. The van der Waals surface area contributed by atoms with E-state index in [1.807, 2.05) is 6.92 Å². The second kappa shape index (κ2) is 6.13. The number of esters is 1. The van der Waals surface area contributed by atoms with E-state index in [1.165, 1.54) is 31.6 Å². The Morgan fingerprint density at radius 2 is 2.10 bits per heavy atom. The lowest BCUT2D eigenvalue weighted by Gasteiger charge is -2.06. The maximum absolute atomic E-state index is 13.9. The lowest BCUT2D eigenvalue weighted by Crippen LogP contribution is -2.02. The minimum absolute atomic E-state index is 0.175. The number of benzene rings is 1. The summed E-state index contributed by atoms with van der Waals surface area (Å²) in [6.45, 7) is 1.93. The second-order valence-electron chi connectivity index (χ2n) is 4.35. The highest BCUT2D eigenvalue weighted by Crippen LogP contribution is 2.40. The molecule has 0 saturated carbocycles. The third-order valence-corrected chi connectivity index (χ3v) is 4.46. The van der Waals surface area contributed by atoms with E-state index in [2.05, 4.69) is 0 Å². The number of anilines is 1. The van der Waals surface area contributed by atoms with Gasteiger partial charge in [0.1, 0.15) is 4.88 Å². The molecule has 1 aromatic heterocycles. The molecule has 0 atom stereocenters. The monoisotopic (exact) mass is 309 g/mol. The smallest absolute Gasteiger partial charge is 0.350 e. The summed E-state index contributed by atoms with van der Waals surface area (Å²) in [7, 11) is 2.72. The number of nitrogens with two attached hydrogens (primary N) is 1. The number of ether oxygens (including phenoxy) is 2. The first-order chi connectivity index (χ1) is 10.0. The first-order valence-electron chi connectivity index (χ1n) is 6.36. The molecule has 2 rings (SSSR count). The van der Waals surface area contributed by atoms with Crippen molar-refractivity contribution in [2.45, 2.75) is 13.3 Å². The molecule has 0 radical (unpaired) electrons. The Morgan fingerprint density at radius 1 is 1.38 bits per heavy atom. The number of hydrogen-bond donors (Lipinski definition) is 1. The molecule has 0 spiro atoms. The van der Waals surface area contributed by atoms with Gasteiger partial charge in [0.15, 0.2) is 11.6 Å². The van der Waals surface area contributed by atoms with Crippen LogP contribution in [0.4, 0.5) is 10.1 Å². The molecule has 1 heterocycles. The van der Waals surface area contributed by atoms with Crippen LogP contribution in [-0.2, 0) is 11.2 Å². The highest BCUT2D eigenvalue weighted by molar-refractivity contribution is 7.18. The number of carbonyl (C=O) groups excluding carboxylic acids is 1. The number of nitrogen functional groups attached to an aromatic ring is 1. The molecule has 2 aromatic rings. The molecule has 2 N–H and O–H groups in total. The van der Waals surface area contributed by atoms with Crippen LogP contribution < -0.4 is 10.5 Å². The highest BCUT2D eigenvalue weighted by atomic mass is 32.1. The van der Waals surface area contributed by atoms with E-state index in [0.29, 0.717) is 22.5 Å². The largest absolute Gasteiger partial charge is 0.494 e. The van der Waals surface area contributed by atoms with Gasteiger partial charge in [0, 0.05) is 4.88 Å². The van der Waals surface area contributed by atoms with Crippen molar-refractivity contribution < 1.29 is 18.7 Å². The first kappa shape index (κ1) is 15.3. The quantitative estimate of drug-likeness (QED) is 0.878. The molecule has 0 fully saturated rings. The summed E-state index contributed by atoms with van der Waals surface area (Å²) in [5.41, 5.74) is 7.90. The van der Waals surface area contributed by atoms with Crippen molar-refractivity contribution in [1.82, 2.24) is 0 Å². The maximum atomic E-state index is 13.9. The number of carbonyl (C=O) groups is 1. The molecule has 1 aromatic carbocycles. The average molecular weight is 309 g/mol. The van der Waals surface area contributed by atoms with Gasteiger partial charge in [-0.1, -0.05) is 6.92 Å². The van der Waals surface area contributed by atoms with Crippen LogP contribution in [0.5, 0.6) is 5.75 Å². The van der Waals surface area contributed by atoms with Crippen molar-refractivity contribution in [1.29, 1.82) is 0 Å². The van der Waals surface area contributed by atoms with Crippen molar-refractivity contribution in [3.8, 4) is 16.2 Å². The maximum Gasteiger partial charge on any atom is 0.350 e. The van der Waals surface area contributed by atoms with Crippen molar-refractivity contribution in [2.24, 2.45) is 0 Å². The highest BCUT2D eigenvalue weighted by Gasteiger charge is 2.21. The predicted octanol–water partition coefficient (Wildman–Crippen LogP) is 3.49. The number of halogens is 1. The van der Waals surface area contributed by atoms with Crippen LogP contribution in [0.1, 0.15) is 22.2 Å². The molecule has 0 unspecified atom stereocenters. The summed E-state index contributed by atoms with van der Waals surface area (Å²) in [4.78, 5) is 12.9. The molecule has 112 valence electrons. The van der Waals surface area contributed by atoms with Crippen LogP contribution in [0, 0.1) is 5.82 Å². The van der Waals surface area contributed by atoms with E-state index in [1.54, 1.807) is 12.1 Å². The number of thiophene rings is 1. The third-order valence-electron chi connectivity index (χ3n) is 3.19. The Labute approximate surface area is 126 Å². The zero-order chi connectivity index (χ0) is 15.6. The summed E-state index contributed by atoms with van der Waals surface area (Å²) in [5, 5.41) is 0. The number of methoxy groups -OCH3 is 2. The number of rotatable bonds is 4. The summed E-state index contributed by atoms with van der Waals surface area (Å²) in [5.74, 6) is -0.759. The first-order valence-corrected chi connectivity index (χ1v) is 7.18. The summed E-state index contributed by atoms with van der Waals surface area (Å²) < 4.78 is 23.5. The second-order valence-corrected chi connectivity index (χ2v) is 5.37. The molecule has 0 amide bonds. The van der Waals surface area contributed by atoms with Crippen molar-refractivity contribution in [2.75, 3.05) is 20.0 Å². The van der Waals surface area contributed by atoms with Crippen molar-refractivity contribution in [3.63, 3.8) is 0 Å². The molecule has 0 aliphatic rings. The fourth-order valence-electron chi connectivity index (χ4n) is 2.11. The minimum atomic E-state index is -0.479. The lowest BCUT2D eigenvalue weighted by atomic mass is 10.1. The lowest BCUT2D eigenvalue weighted by molar-refractivity contribution is 0.0607. The van der Waals surface area contributed by atoms with Gasteiger partial charge in [0.25, 0.3) is 0 Å². The van der Waals surface area contributed by atoms with Gasteiger partial charge in [-0.2, -0.15) is 0 Å². The van der Waals surface area contributed by atoms with Gasteiger partial charge in [-0.25, -0.2) is 9.18 Å². The average Bonchev–Trinajstić information content (AvgIpc) is 2.83. The van der Waals surface area contributed by atoms with E-state index in [0.717, 1.165) is 10.4 Å². The summed E-state index contributed by atoms with van der Waals surface area (Å²) in [6.07, 6.45) is 0.641. The molecule has 4 nitrogen and oxygen atoms in total. The van der Waals surface area contributed by atoms with Gasteiger partial charge in [-0.3, -0.25) is 0 Å². The molecule has 0 aliphatic carbocycles. The SMILES string of the molecule is CCc1c(-c2ccc(OC)c(F)c2)sc(C(=O)OC)c1N. The molecule has 0 saturated heterocycles. The topological polar surface area (TPSA) is 61.5 Å². The Bertz CT molecular complexity index is 682. The van der Waals surface area contributed by atoms with E-state index in [9.17, 15) is 9.18 Å². The molecule has 21 heavy (non-hydrogen) atoms. The van der Waals surface area contributed by atoms with Crippen LogP contribution in [-0.4, -0.2) is 20.2 Å². The van der Waals surface area contributed by atoms with E-state index >= 15 is 0 Å². The van der Waals surface area contributed by atoms with Gasteiger partial charge in [0.2, 0.25) is 0 Å². The van der Waals surface area contributed by atoms with Gasteiger partial charge >= 0.3 is 5.97 Å². The zero-order valence-electron chi connectivity index (χ0n) is 12.0. The van der Waals surface area contributed by atoms with E-state index < -0.39 is 11.8 Å². The van der Waals surface area contributed by atoms with Crippen LogP contribution in [0.25, 0.3) is 10.4 Å². The van der Waals surface area contributed by atoms with Crippen molar-refractivity contribution >= 4 is 23.0 Å². The van der Waals surface area contributed by atoms with Crippen LogP contribution in [0.15, 0.2) is 18.2 Å². The Hall–Kier alpha value is -2.08. The van der Waals surface area contributed by atoms with Crippen LogP contribution in [0.3, 0.4) is 0 Å². The molecule has 6 heteroatoms. The van der Waals surface area contributed by atoms with Gasteiger partial charge in [0.05, 0.1) is 19.9 Å². The van der Waals surface area contributed by atoms with E-state index in [-0.39, 0.29) is 5.75 Å². The molecule has 0 aliphatic heterocycles. The van der Waals surface area contributed by atoms with Crippen molar-refractivity contribution in [3.05, 3.63) is 34.5 Å². The Balaban J connectivity index is 2.58. The van der Waals surface area contributed by atoms with Crippen LogP contribution >= 0.6 is 11.3 Å². The Kier molecular flexibility index (Phi) is 4.47. The van der Waals surface area contributed by atoms with Gasteiger partial charge in [-0.15, -0.1) is 11.3 Å². The fraction of sp³-hybridized carbons (Fsp3) is 0.267.